The second kappa shape index (κ2) is 10.7. The first-order chi connectivity index (χ1) is 15.6. The van der Waals surface area contributed by atoms with Crippen molar-refractivity contribution in [2.45, 2.75) is 38.9 Å². The largest absolute Gasteiger partial charge is 0.416 e. The van der Waals surface area contributed by atoms with E-state index in [0.29, 0.717) is 57.7 Å². The molecule has 0 aromatic heterocycles. The molecule has 0 aliphatic carbocycles. The Hall–Kier alpha value is -2.40. The van der Waals surface area contributed by atoms with Gasteiger partial charge in [-0.3, -0.25) is 19.8 Å². The number of nitrogens with one attached hydrogen (secondary N) is 1. The lowest BCUT2D eigenvalue weighted by Crippen LogP contribution is -2.52. The van der Waals surface area contributed by atoms with E-state index >= 15 is 0 Å². The summed E-state index contributed by atoms with van der Waals surface area (Å²) in [4.78, 5) is 27.4. The van der Waals surface area contributed by atoms with Gasteiger partial charge in [0, 0.05) is 50.7 Å². The van der Waals surface area contributed by atoms with Crippen molar-refractivity contribution in [2.75, 3.05) is 50.8 Å². The first-order valence-corrected chi connectivity index (χ1v) is 11.3. The summed E-state index contributed by atoms with van der Waals surface area (Å²) < 4.78 is 44.3. The SMILES string of the molecule is CC(C)C(CNC(=O)C1CCN(c2ccc(C(F)(F)F)cc2[N+](=O)[O-])CC1)N1CCOCC1. The van der Waals surface area contributed by atoms with Crippen LogP contribution in [0.1, 0.15) is 32.3 Å². The highest BCUT2D eigenvalue weighted by Crippen LogP contribution is 2.37. The summed E-state index contributed by atoms with van der Waals surface area (Å²) in [6.07, 6.45) is -3.69. The van der Waals surface area contributed by atoms with Gasteiger partial charge in [0.1, 0.15) is 5.69 Å². The number of benzene rings is 1. The molecule has 2 saturated heterocycles. The van der Waals surface area contributed by atoms with Crippen molar-refractivity contribution in [3.05, 3.63) is 33.9 Å². The minimum Gasteiger partial charge on any atom is -0.379 e. The number of nitro benzene ring substituents is 1. The van der Waals surface area contributed by atoms with Crippen LogP contribution in [-0.2, 0) is 15.7 Å². The highest BCUT2D eigenvalue weighted by atomic mass is 19.4. The number of amides is 1. The molecule has 2 aliphatic rings. The van der Waals surface area contributed by atoms with Crippen molar-refractivity contribution in [1.82, 2.24) is 10.2 Å². The molecule has 1 N–H and O–H groups in total. The van der Waals surface area contributed by atoms with Crippen molar-refractivity contribution < 1.29 is 27.6 Å². The summed E-state index contributed by atoms with van der Waals surface area (Å²) in [6.45, 7) is 8.57. The summed E-state index contributed by atoms with van der Waals surface area (Å²) >= 11 is 0. The lowest BCUT2D eigenvalue weighted by Gasteiger charge is -2.37. The van der Waals surface area contributed by atoms with Gasteiger partial charge in [0.25, 0.3) is 5.69 Å². The Morgan fingerprint density at radius 2 is 1.85 bits per heavy atom. The third kappa shape index (κ3) is 6.35. The molecule has 2 fully saturated rings. The average molecular weight is 473 g/mol. The molecule has 0 saturated carbocycles. The lowest BCUT2D eigenvalue weighted by molar-refractivity contribution is -0.384. The molecule has 184 valence electrons. The van der Waals surface area contributed by atoms with Crippen molar-refractivity contribution in [1.29, 1.82) is 0 Å². The Labute approximate surface area is 191 Å². The van der Waals surface area contributed by atoms with Gasteiger partial charge in [-0.05, 0) is 30.9 Å². The van der Waals surface area contributed by atoms with E-state index in [4.69, 9.17) is 4.74 Å². The second-order valence-electron chi connectivity index (χ2n) is 8.92. The third-order valence-electron chi connectivity index (χ3n) is 6.48. The molecule has 11 heteroatoms. The summed E-state index contributed by atoms with van der Waals surface area (Å²) in [7, 11) is 0. The molecule has 8 nitrogen and oxygen atoms in total. The van der Waals surface area contributed by atoms with E-state index in [1.54, 1.807) is 4.90 Å². The third-order valence-corrected chi connectivity index (χ3v) is 6.48. The van der Waals surface area contributed by atoms with Crippen molar-refractivity contribution >= 4 is 17.3 Å². The van der Waals surface area contributed by atoms with Gasteiger partial charge in [-0.25, -0.2) is 0 Å². The van der Waals surface area contributed by atoms with Crippen LogP contribution in [0.4, 0.5) is 24.5 Å². The summed E-state index contributed by atoms with van der Waals surface area (Å²) in [6, 6.07) is 2.80. The van der Waals surface area contributed by atoms with E-state index in [1.165, 1.54) is 0 Å². The molecular weight excluding hydrogens is 441 g/mol. The first-order valence-electron chi connectivity index (χ1n) is 11.3. The Balaban J connectivity index is 1.58. The second-order valence-corrected chi connectivity index (χ2v) is 8.92. The first kappa shape index (κ1) is 25.2. The number of hydrogen-bond acceptors (Lipinski definition) is 6. The minimum atomic E-state index is -4.65. The zero-order chi connectivity index (χ0) is 24.2. The van der Waals surface area contributed by atoms with Crippen LogP contribution in [0.25, 0.3) is 0 Å². The van der Waals surface area contributed by atoms with Gasteiger partial charge in [0.05, 0.1) is 23.7 Å². The molecule has 1 aromatic rings. The van der Waals surface area contributed by atoms with Crippen LogP contribution in [0.15, 0.2) is 18.2 Å². The van der Waals surface area contributed by atoms with Crippen molar-refractivity contribution in [3.63, 3.8) is 0 Å². The number of nitrogens with zero attached hydrogens (tertiary/aromatic N) is 3. The van der Waals surface area contributed by atoms with Gasteiger partial charge < -0.3 is 15.0 Å². The van der Waals surface area contributed by atoms with Crippen LogP contribution in [0.3, 0.4) is 0 Å². The van der Waals surface area contributed by atoms with Gasteiger partial charge in [0.2, 0.25) is 5.91 Å². The molecule has 3 rings (SSSR count). The highest BCUT2D eigenvalue weighted by molar-refractivity contribution is 5.79. The number of nitro groups is 1. The molecule has 0 bridgehead atoms. The molecule has 1 aromatic carbocycles. The van der Waals surface area contributed by atoms with Crippen LogP contribution in [-0.4, -0.2) is 67.7 Å². The Kier molecular flexibility index (Phi) is 8.17. The molecule has 33 heavy (non-hydrogen) atoms. The molecule has 1 atom stereocenters. The predicted molar refractivity (Wildman–Crippen MR) is 117 cm³/mol. The summed E-state index contributed by atoms with van der Waals surface area (Å²) in [5.41, 5.74) is -1.47. The fraction of sp³-hybridized carbons (Fsp3) is 0.682. The van der Waals surface area contributed by atoms with Crippen molar-refractivity contribution in [2.24, 2.45) is 11.8 Å². The zero-order valence-corrected chi connectivity index (χ0v) is 18.9. The maximum Gasteiger partial charge on any atom is 0.416 e. The quantitative estimate of drug-likeness (QED) is 0.484. The topological polar surface area (TPSA) is 88.0 Å². The number of alkyl halides is 3. The van der Waals surface area contributed by atoms with Gasteiger partial charge >= 0.3 is 6.18 Å². The number of halogens is 3. The molecule has 2 heterocycles. The monoisotopic (exact) mass is 472 g/mol. The number of piperidine rings is 1. The molecular formula is C22H31F3N4O4. The number of ether oxygens (including phenoxy) is 1. The molecule has 0 radical (unpaired) electrons. The number of morpholine rings is 1. The maximum atomic E-state index is 13.0. The highest BCUT2D eigenvalue weighted by Gasteiger charge is 2.35. The lowest BCUT2D eigenvalue weighted by atomic mass is 9.94. The van der Waals surface area contributed by atoms with E-state index in [-0.39, 0.29) is 23.6 Å². The zero-order valence-electron chi connectivity index (χ0n) is 18.9. The van der Waals surface area contributed by atoms with E-state index in [1.807, 2.05) is 0 Å². The van der Waals surface area contributed by atoms with Gasteiger partial charge in [-0.2, -0.15) is 13.2 Å². The fourth-order valence-electron chi connectivity index (χ4n) is 4.54. The Morgan fingerprint density at radius 1 is 1.21 bits per heavy atom. The molecule has 2 aliphatic heterocycles. The smallest absolute Gasteiger partial charge is 0.379 e. The average Bonchev–Trinajstić information content (AvgIpc) is 2.78. The minimum absolute atomic E-state index is 0.0459. The predicted octanol–water partition coefficient (Wildman–Crippen LogP) is 3.30. The Bertz CT molecular complexity index is 835. The summed E-state index contributed by atoms with van der Waals surface area (Å²) in [5.74, 6) is 0.0909. The number of hydrogen-bond donors (Lipinski definition) is 1. The molecule has 1 amide bonds. The Morgan fingerprint density at radius 3 is 2.39 bits per heavy atom. The fourth-order valence-corrected chi connectivity index (χ4v) is 4.54. The standard InChI is InChI=1S/C22H31F3N4O4/c1-15(2)20(28-9-11-33-12-10-28)14-26-21(30)16-5-7-27(8-6-16)18-4-3-17(22(23,24)25)13-19(18)29(31)32/h3-4,13,15-16,20H,5-12,14H2,1-2H3,(H,26,30). The normalized spacial score (nSPS) is 19.5. The van der Waals surface area contributed by atoms with Crippen LogP contribution >= 0.6 is 0 Å². The number of carbonyl (C=O) groups excluding carboxylic acids is 1. The van der Waals surface area contributed by atoms with E-state index < -0.39 is 22.4 Å². The molecule has 0 spiro atoms. The molecule has 1 unspecified atom stereocenters. The maximum absolute atomic E-state index is 13.0. The van der Waals surface area contributed by atoms with E-state index in [0.717, 1.165) is 25.2 Å². The number of carbonyl (C=O) groups is 1. The van der Waals surface area contributed by atoms with Crippen LogP contribution < -0.4 is 10.2 Å². The number of anilines is 1. The van der Waals surface area contributed by atoms with Crippen LogP contribution in [0, 0.1) is 22.0 Å². The van der Waals surface area contributed by atoms with Crippen LogP contribution in [0.5, 0.6) is 0 Å². The van der Waals surface area contributed by atoms with Crippen LogP contribution in [0.2, 0.25) is 0 Å². The van der Waals surface area contributed by atoms with Gasteiger partial charge in [-0.1, -0.05) is 13.8 Å². The van der Waals surface area contributed by atoms with Gasteiger partial charge in [0.15, 0.2) is 0 Å². The van der Waals surface area contributed by atoms with Gasteiger partial charge in [-0.15, -0.1) is 0 Å². The van der Waals surface area contributed by atoms with E-state index in [2.05, 4.69) is 24.1 Å². The van der Waals surface area contributed by atoms with E-state index in [9.17, 15) is 28.1 Å². The summed E-state index contributed by atoms with van der Waals surface area (Å²) in [5, 5.41) is 14.5. The van der Waals surface area contributed by atoms with Crippen molar-refractivity contribution in [3.8, 4) is 0 Å². The number of rotatable bonds is 7.